The van der Waals surface area contributed by atoms with Gasteiger partial charge in [0.25, 0.3) is 5.91 Å². The Hall–Kier alpha value is -4.58. The summed E-state index contributed by atoms with van der Waals surface area (Å²) in [5.41, 5.74) is 3.63. The first kappa shape index (κ1) is 26.6. The molecule has 3 aromatic carbocycles. The number of ether oxygens (including phenoxy) is 1. The van der Waals surface area contributed by atoms with Crippen LogP contribution in [0.2, 0.25) is 0 Å². The molecule has 0 aliphatic carbocycles. The summed E-state index contributed by atoms with van der Waals surface area (Å²) in [7, 11) is 0. The van der Waals surface area contributed by atoms with Crippen LogP contribution in [0.1, 0.15) is 44.7 Å². The minimum Gasteiger partial charge on any atom is -0.507 e. The molecule has 8 heteroatoms. The molecule has 2 fully saturated rings. The first-order valence-corrected chi connectivity index (χ1v) is 13.9. The van der Waals surface area contributed by atoms with Crippen molar-refractivity contribution in [3.63, 3.8) is 0 Å². The Kier molecular flexibility index (Phi) is 7.47. The number of aromatic amines is 1. The van der Waals surface area contributed by atoms with Crippen LogP contribution in [-0.4, -0.2) is 70.9 Å². The minimum atomic E-state index is -1.04. The van der Waals surface area contributed by atoms with E-state index in [1.54, 1.807) is 35.2 Å². The van der Waals surface area contributed by atoms with Gasteiger partial charge in [-0.2, -0.15) is 0 Å². The zero-order valence-corrected chi connectivity index (χ0v) is 22.5. The first-order valence-electron chi connectivity index (χ1n) is 13.9. The van der Waals surface area contributed by atoms with Gasteiger partial charge in [-0.3, -0.25) is 4.79 Å². The van der Waals surface area contributed by atoms with Crippen molar-refractivity contribution in [2.75, 3.05) is 32.8 Å². The molecule has 3 heterocycles. The highest BCUT2D eigenvalue weighted by molar-refractivity contribution is 5.99. The number of aromatic hydroxyl groups is 1. The number of H-pyrrole nitrogens is 1. The number of fused-ring (bicyclic) bond motifs is 1. The number of carbonyl (C=O) groups is 2. The summed E-state index contributed by atoms with van der Waals surface area (Å²) in [4.78, 5) is 30.2. The van der Waals surface area contributed by atoms with Crippen molar-refractivity contribution < 1.29 is 24.5 Å². The van der Waals surface area contributed by atoms with Crippen molar-refractivity contribution in [1.82, 2.24) is 15.2 Å². The lowest BCUT2D eigenvalue weighted by atomic mass is 9.90. The van der Waals surface area contributed by atoms with Crippen LogP contribution < -0.4 is 5.32 Å². The van der Waals surface area contributed by atoms with Gasteiger partial charge in [0.15, 0.2) is 0 Å². The van der Waals surface area contributed by atoms with Gasteiger partial charge in [-0.1, -0.05) is 30.0 Å². The zero-order chi connectivity index (χ0) is 28.3. The maximum absolute atomic E-state index is 13.2. The summed E-state index contributed by atoms with van der Waals surface area (Å²) in [6, 6.07) is 17.5. The van der Waals surface area contributed by atoms with Crippen LogP contribution in [-0.2, 0) is 4.74 Å². The predicted molar refractivity (Wildman–Crippen MR) is 156 cm³/mol. The number of likely N-dealkylation sites (tertiary alicyclic amines) is 1. The van der Waals surface area contributed by atoms with Crippen molar-refractivity contribution in [2.24, 2.45) is 5.92 Å². The van der Waals surface area contributed by atoms with Crippen molar-refractivity contribution in [2.45, 2.75) is 18.9 Å². The van der Waals surface area contributed by atoms with E-state index in [9.17, 15) is 19.8 Å². The van der Waals surface area contributed by atoms with Gasteiger partial charge >= 0.3 is 5.97 Å². The molecule has 1 unspecified atom stereocenters. The molecule has 6 rings (SSSR count). The molecule has 0 saturated carbocycles. The average Bonchev–Trinajstić information content (AvgIpc) is 3.48. The third-order valence-corrected chi connectivity index (χ3v) is 8.02. The van der Waals surface area contributed by atoms with Gasteiger partial charge in [0.05, 0.1) is 23.8 Å². The number of phenols is 1. The summed E-state index contributed by atoms with van der Waals surface area (Å²) in [6.45, 7) is 3.71. The lowest BCUT2D eigenvalue weighted by Gasteiger charge is -2.37. The number of carboxylic acid groups (broad SMARTS) is 1. The van der Waals surface area contributed by atoms with E-state index in [1.807, 2.05) is 30.5 Å². The van der Waals surface area contributed by atoms with E-state index in [2.05, 4.69) is 22.1 Å². The van der Waals surface area contributed by atoms with E-state index in [-0.39, 0.29) is 28.9 Å². The van der Waals surface area contributed by atoms with E-state index < -0.39 is 5.97 Å². The molecule has 4 aromatic rings. The van der Waals surface area contributed by atoms with Gasteiger partial charge in [0, 0.05) is 54.6 Å². The molecule has 0 spiro atoms. The molecule has 2 aliphatic heterocycles. The number of phenolic OH excluding ortho intramolecular Hbond substituents is 1. The molecular formula is C33H31N3O5. The minimum absolute atomic E-state index is 0.125. The molecule has 2 aliphatic rings. The normalized spacial score (nSPS) is 17.7. The number of carboxylic acids is 1. The average molecular weight is 550 g/mol. The quantitative estimate of drug-likeness (QED) is 0.279. The molecule has 8 nitrogen and oxygen atoms in total. The van der Waals surface area contributed by atoms with E-state index in [1.165, 1.54) is 6.07 Å². The third kappa shape index (κ3) is 5.55. The Morgan fingerprint density at radius 2 is 1.83 bits per heavy atom. The fraction of sp³-hybridized carbons (Fsp3) is 0.273. The second-order valence-electron chi connectivity index (χ2n) is 10.5. The maximum Gasteiger partial charge on any atom is 0.336 e. The van der Waals surface area contributed by atoms with Crippen LogP contribution in [0, 0.1) is 17.8 Å². The fourth-order valence-electron chi connectivity index (χ4n) is 5.81. The van der Waals surface area contributed by atoms with Crippen LogP contribution in [0.25, 0.3) is 22.0 Å². The number of rotatable bonds is 4. The molecule has 0 bridgehead atoms. The van der Waals surface area contributed by atoms with Crippen molar-refractivity contribution in [3.05, 3.63) is 89.1 Å². The van der Waals surface area contributed by atoms with Gasteiger partial charge in [-0.15, -0.1) is 0 Å². The number of nitrogens with zero attached hydrogens (tertiary/aromatic N) is 1. The topological polar surface area (TPSA) is 115 Å². The van der Waals surface area contributed by atoms with Crippen LogP contribution in [0.4, 0.5) is 0 Å². The van der Waals surface area contributed by atoms with Gasteiger partial charge in [0.1, 0.15) is 5.75 Å². The van der Waals surface area contributed by atoms with Gasteiger partial charge in [-0.05, 0) is 72.2 Å². The van der Waals surface area contributed by atoms with Crippen molar-refractivity contribution >= 4 is 22.8 Å². The molecule has 4 N–H and O–H groups in total. The molecule has 2 saturated heterocycles. The molecule has 208 valence electrons. The molecule has 1 atom stereocenters. The number of aromatic nitrogens is 1. The number of piperidine rings is 1. The Morgan fingerprint density at radius 3 is 2.59 bits per heavy atom. The molecule has 1 amide bonds. The monoisotopic (exact) mass is 549 g/mol. The first-order chi connectivity index (χ1) is 20.0. The summed E-state index contributed by atoms with van der Waals surface area (Å²) in [5.74, 6) is 5.20. The number of aromatic carboxylic acids is 1. The predicted octanol–water partition coefficient (Wildman–Crippen LogP) is 4.48. The number of benzene rings is 3. The number of nitrogens with one attached hydrogen (secondary N) is 2. The maximum atomic E-state index is 13.2. The summed E-state index contributed by atoms with van der Waals surface area (Å²) >= 11 is 0. The number of morpholine rings is 1. The van der Waals surface area contributed by atoms with Gasteiger partial charge in [-0.25, -0.2) is 4.79 Å². The highest BCUT2D eigenvalue weighted by Crippen LogP contribution is 2.31. The smallest absolute Gasteiger partial charge is 0.336 e. The van der Waals surface area contributed by atoms with Crippen LogP contribution in [0.15, 0.2) is 66.9 Å². The van der Waals surface area contributed by atoms with E-state index in [0.29, 0.717) is 35.7 Å². The number of carbonyl (C=O) groups excluding carboxylic acids is 1. The van der Waals surface area contributed by atoms with E-state index in [0.717, 1.165) is 49.0 Å². The number of hydrogen-bond donors (Lipinski definition) is 4. The second-order valence-corrected chi connectivity index (χ2v) is 10.5. The largest absolute Gasteiger partial charge is 0.507 e. The summed E-state index contributed by atoms with van der Waals surface area (Å²) in [6.07, 6.45) is 3.78. The Balaban J connectivity index is 1.22. The van der Waals surface area contributed by atoms with Crippen LogP contribution in [0.3, 0.4) is 0 Å². The van der Waals surface area contributed by atoms with Gasteiger partial charge in [0.2, 0.25) is 0 Å². The van der Waals surface area contributed by atoms with E-state index in [4.69, 9.17) is 4.74 Å². The Labute approximate surface area is 238 Å². The van der Waals surface area contributed by atoms with Gasteiger partial charge < -0.3 is 30.2 Å². The molecule has 0 radical (unpaired) electrons. The third-order valence-electron chi connectivity index (χ3n) is 8.02. The van der Waals surface area contributed by atoms with E-state index >= 15 is 0 Å². The molecular weight excluding hydrogens is 518 g/mol. The number of amides is 1. The second kappa shape index (κ2) is 11.5. The standard InChI is InChI=1S/C33H31N3O5/c37-29-18-21(5-9-26(29)32(38)36-15-11-23(12-16-36)30-20-34-14-17-41-30)4-6-24-2-1-3-27(33(39)40)31(24)25-8-7-22-10-13-35-28(22)19-25/h1-3,5,7-10,13,18-19,23,30,34-35,37H,11-12,14-17,20H2,(H,39,40). The SMILES string of the molecule is O=C(O)c1cccc(C#Cc2ccc(C(=O)N3CCC(C4CNCCO4)CC3)c(O)c2)c1-c1ccc2cc[nH]c2c1. The fourth-order valence-corrected chi connectivity index (χ4v) is 5.81. The highest BCUT2D eigenvalue weighted by Gasteiger charge is 2.31. The highest BCUT2D eigenvalue weighted by atomic mass is 16.5. The lowest BCUT2D eigenvalue weighted by molar-refractivity contribution is -0.0255. The zero-order valence-electron chi connectivity index (χ0n) is 22.5. The van der Waals surface area contributed by atoms with Crippen molar-refractivity contribution in [1.29, 1.82) is 0 Å². The van der Waals surface area contributed by atoms with Crippen LogP contribution in [0.5, 0.6) is 5.75 Å². The molecule has 1 aromatic heterocycles. The lowest BCUT2D eigenvalue weighted by Crippen LogP contribution is -2.47. The Morgan fingerprint density at radius 1 is 0.976 bits per heavy atom. The summed E-state index contributed by atoms with van der Waals surface area (Å²) in [5, 5.41) is 25.0. The van der Waals surface area contributed by atoms with Crippen LogP contribution >= 0.6 is 0 Å². The van der Waals surface area contributed by atoms with Crippen molar-refractivity contribution in [3.8, 4) is 28.7 Å². The Bertz CT molecular complexity index is 1670. The number of hydrogen-bond acceptors (Lipinski definition) is 5. The summed E-state index contributed by atoms with van der Waals surface area (Å²) < 4.78 is 5.90. The molecule has 41 heavy (non-hydrogen) atoms.